The molecular weight excluding hydrogens is 156 g/mol. The minimum absolute atomic E-state index is 0.451. The molecule has 1 atom stereocenters. The van der Waals surface area contributed by atoms with Crippen LogP contribution in [0.3, 0.4) is 0 Å². The van der Waals surface area contributed by atoms with Crippen molar-refractivity contribution in [1.29, 1.82) is 0 Å². The molecule has 0 aliphatic heterocycles. The average molecular weight is 168 g/mol. The van der Waals surface area contributed by atoms with Crippen LogP contribution in [-0.4, -0.2) is 6.29 Å². The van der Waals surface area contributed by atoms with Gasteiger partial charge in [-0.2, -0.15) is 0 Å². The number of rotatable bonds is 4. The van der Waals surface area contributed by atoms with Crippen LogP contribution in [0.2, 0.25) is 0 Å². The van der Waals surface area contributed by atoms with E-state index >= 15 is 0 Å². The van der Waals surface area contributed by atoms with Crippen LogP contribution in [0.15, 0.2) is 17.5 Å². The van der Waals surface area contributed by atoms with E-state index in [0.717, 1.165) is 12.7 Å². The summed E-state index contributed by atoms with van der Waals surface area (Å²) in [5.41, 5.74) is 0. The number of hydrogen-bond acceptors (Lipinski definition) is 2. The predicted molar refractivity (Wildman–Crippen MR) is 48.0 cm³/mol. The highest BCUT2D eigenvalue weighted by atomic mass is 32.1. The molecular formula is C9H12OS. The van der Waals surface area contributed by atoms with E-state index in [1.165, 1.54) is 4.88 Å². The Morgan fingerprint density at radius 3 is 3.00 bits per heavy atom. The molecule has 0 fully saturated rings. The van der Waals surface area contributed by atoms with Gasteiger partial charge in [0.1, 0.15) is 6.29 Å². The monoisotopic (exact) mass is 168 g/mol. The van der Waals surface area contributed by atoms with Gasteiger partial charge in [0, 0.05) is 11.3 Å². The van der Waals surface area contributed by atoms with Crippen LogP contribution in [0.5, 0.6) is 0 Å². The first kappa shape index (κ1) is 8.47. The second kappa shape index (κ2) is 4.29. The molecule has 1 nitrogen and oxygen atoms in total. The molecule has 0 aliphatic rings. The Bertz CT molecular complexity index is 203. The maximum absolute atomic E-state index is 10.3. The van der Waals surface area contributed by atoms with Crippen LogP contribution in [0.4, 0.5) is 0 Å². The van der Waals surface area contributed by atoms with Gasteiger partial charge in [-0.15, -0.1) is 11.3 Å². The zero-order valence-corrected chi connectivity index (χ0v) is 7.43. The van der Waals surface area contributed by atoms with Crippen LogP contribution >= 0.6 is 11.3 Å². The molecule has 1 aromatic rings. The maximum atomic E-state index is 10.3. The quantitative estimate of drug-likeness (QED) is 0.632. The minimum Gasteiger partial charge on any atom is -0.303 e. The highest BCUT2D eigenvalue weighted by Gasteiger charge is 2.08. The Kier molecular flexibility index (Phi) is 3.30. The van der Waals surface area contributed by atoms with Crippen LogP contribution in [0, 0.1) is 0 Å². The van der Waals surface area contributed by atoms with Gasteiger partial charge in [-0.3, -0.25) is 0 Å². The zero-order valence-electron chi connectivity index (χ0n) is 6.62. The molecule has 0 N–H and O–H groups in total. The fourth-order valence-corrected chi connectivity index (χ4v) is 2.05. The van der Waals surface area contributed by atoms with Gasteiger partial charge in [0.25, 0.3) is 0 Å². The Balaban J connectivity index is 2.62. The molecule has 0 amide bonds. The van der Waals surface area contributed by atoms with Crippen LogP contribution in [0.25, 0.3) is 0 Å². The Hall–Kier alpha value is -0.630. The van der Waals surface area contributed by atoms with Gasteiger partial charge in [-0.05, 0) is 23.8 Å². The summed E-state index contributed by atoms with van der Waals surface area (Å²) >= 11 is 1.74. The molecule has 2 heteroatoms. The van der Waals surface area contributed by atoms with Crippen LogP contribution in [-0.2, 0) is 4.79 Å². The summed E-state index contributed by atoms with van der Waals surface area (Å²) in [5, 5.41) is 2.06. The van der Waals surface area contributed by atoms with Crippen molar-refractivity contribution in [1.82, 2.24) is 0 Å². The van der Waals surface area contributed by atoms with Crippen molar-refractivity contribution in [2.45, 2.75) is 25.7 Å². The first-order chi connectivity index (χ1) is 5.38. The molecule has 11 heavy (non-hydrogen) atoms. The van der Waals surface area contributed by atoms with E-state index < -0.39 is 0 Å². The second-order valence-electron chi connectivity index (χ2n) is 2.52. The van der Waals surface area contributed by atoms with Crippen molar-refractivity contribution in [3.8, 4) is 0 Å². The lowest BCUT2D eigenvalue weighted by Gasteiger charge is -2.07. The molecule has 1 rings (SSSR count). The van der Waals surface area contributed by atoms with E-state index in [-0.39, 0.29) is 0 Å². The molecule has 0 radical (unpaired) electrons. The SMILES string of the molecule is CCC(CC=O)c1cccs1. The van der Waals surface area contributed by atoms with Crippen molar-refractivity contribution in [2.24, 2.45) is 0 Å². The number of hydrogen-bond donors (Lipinski definition) is 0. The predicted octanol–water partition coefficient (Wildman–Crippen LogP) is 2.83. The molecule has 0 saturated carbocycles. The number of thiophene rings is 1. The van der Waals surface area contributed by atoms with Gasteiger partial charge < -0.3 is 4.79 Å². The van der Waals surface area contributed by atoms with Crippen LogP contribution in [0.1, 0.15) is 30.6 Å². The van der Waals surface area contributed by atoms with Gasteiger partial charge in [0.15, 0.2) is 0 Å². The summed E-state index contributed by atoms with van der Waals surface area (Å²) in [6.45, 7) is 2.12. The largest absolute Gasteiger partial charge is 0.303 e. The number of aldehydes is 1. The zero-order chi connectivity index (χ0) is 8.10. The summed E-state index contributed by atoms with van der Waals surface area (Å²) in [7, 11) is 0. The highest BCUT2D eigenvalue weighted by Crippen LogP contribution is 2.25. The van der Waals surface area contributed by atoms with E-state index in [1.807, 2.05) is 6.07 Å². The first-order valence-electron chi connectivity index (χ1n) is 3.85. The molecule has 60 valence electrons. The lowest BCUT2D eigenvalue weighted by molar-refractivity contribution is -0.108. The average Bonchev–Trinajstić information content (AvgIpc) is 2.52. The topological polar surface area (TPSA) is 17.1 Å². The summed E-state index contributed by atoms with van der Waals surface area (Å²) in [5.74, 6) is 0.451. The molecule has 1 heterocycles. The Labute approximate surface area is 71.1 Å². The highest BCUT2D eigenvalue weighted by molar-refractivity contribution is 7.10. The van der Waals surface area contributed by atoms with E-state index in [2.05, 4.69) is 18.4 Å². The lowest BCUT2D eigenvalue weighted by atomic mass is 10.0. The first-order valence-corrected chi connectivity index (χ1v) is 4.73. The molecule has 0 aliphatic carbocycles. The van der Waals surface area contributed by atoms with E-state index in [9.17, 15) is 4.79 Å². The van der Waals surface area contributed by atoms with Crippen molar-refractivity contribution < 1.29 is 4.79 Å². The van der Waals surface area contributed by atoms with E-state index in [4.69, 9.17) is 0 Å². The van der Waals surface area contributed by atoms with E-state index in [0.29, 0.717) is 12.3 Å². The smallest absolute Gasteiger partial charge is 0.120 e. The molecule has 1 unspecified atom stereocenters. The normalized spacial score (nSPS) is 12.8. The van der Waals surface area contributed by atoms with Crippen molar-refractivity contribution in [3.63, 3.8) is 0 Å². The van der Waals surface area contributed by atoms with Crippen molar-refractivity contribution >= 4 is 17.6 Å². The van der Waals surface area contributed by atoms with Gasteiger partial charge in [0.2, 0.25) is 0 Å². The van der Waals surface area contributed by atoms with Gasteiger partial charge >= 0.3 is 0 Å². The maximum Gasteiger partial charge on any atom is 0.120 e. The van der Waals surface area contributed by atoms with Crippen molar-refractivity contribution in [2.75, 3.05) is 0 Å². The standard InChI is InChI=1S/C9H12OS/c1-2-8(5-6-10)9-4-3-7-11-9/h3-4,6-8H,2,5H2,1H3. The van der Waals surface area contributed by atoms with Gasteiger partial charge in [-0.1, -0.05) is 13.0 Å². The van der Waals surface area contributed by atoms with Gasteiger partial charge in [-0.25, -0.2) is 0 Å². The third-order valence-electron chi connectivity index (χ3n) is 1.82. The second-order valence-corrected chi connectivity index (χ2v) is 3.50. The molecule has 0 bridgehead atoms. The lowest BCUT2D eigenvalue weighted by Crippen LogP contribution is -1.94. The van der Waals surface area contributed by atoms with Gasteiger partial charge in [0.05, 0.1) is 0 Å². The van der Waals surface area contributed by atoms with Crippen molar-refractivity contribution in [3.05, 3.63) is 22.4 Å². The molecule has 1 aromatic heterocycles. The summed E-state index contributed by atoms with van der Waals surface area (Å²) < 4.78 is 0. The fraction of sp³-hybridized carbons (Fsp3) is 0.444. The minimum atomic E-state index is 0.451. The molecule has 0 saturated heterocycles. The van der Waals surface area contributed by atoms with E-state index in [1.54, 1.807) is 11.3 Å². The fourth-order valence-electron chi connectivity index (χ4n) is 1.12. The third kappa shape index (κ3) is 2.15. The Morgan fingerprint density at radius 2 is 2.55 bits per heavy atom. The molecule has 0 aromatic carbocycles. The summed E-state index contributed by atoms with van der Waals surface area (Å²) in [6, 6.07) is 4.13. The summed E-state index contributed by atoms with van der Waals surface area (Å²) in [4.78, 5) is 11.6. The Morgan fingerprint density at radius 1 is 1.73 bits per heavy atom. The summed E-state index contributed by atoms with van der Waals surface area (Å²) in [6.07, 6.45) is 2.73. The molecule has 0 spiro atoms. The number of carbonyl (C=O) groups is 1. The number of carbonyl (C=O) groups excluding carboxylic acids is 1. The van der Waals surface area contributed by atoms with Crippen LogP contribution < -0.4 is 0 Å². The third-order valence-corrected chi connectivity index (χ3v) is 2.85.